The summed E-state index contributed by atoms with van der Waals surface area (Å²) >= 11 is 0. The molecule has 0 saturated heterocycles. The van der Waals surface area contributed by atoms with E-state index < -0.39 is 0 Å². The van der Waals surface area contributed by atoms with Crippen molar-refractivity contribution in [3.05, 3.63) is 59.8 Å². The fourth-order valence-corrected chi connectivity index (χ4v) is 2.54. The predicted molar refractivity (Wildman–Crippen MR) is 90.6 cm³/mol. The number of anilines is 1. The lowest BCUT2D eigenvalue weighted by Gasteiger charge is -2.06. The van der Waals surface area contributed by atoms with Gasteiger partial charge in [0.25, 0.3) is 5.91 Å². The highest BCUT2D eigenvalue weighted by molar-refractivity contribution is 6.06. The van der Waals surface area contributed by atoms with Crippen LogP contribution in [0.1, 0.15) is 15.9 Å². The number of carbonyl (C=O) groups is 1. The molecule has 3 N–H and O–H groups in total. The number of hydrogen-bond donors (Lipinski definition) is 3. The fraction of sp³-hybridized carbons (Fsp3) is 0. The first-order chi connectivity index (χ1) is 12.2. The molecule has 4 rings (SSSR count). The molecule has 0 unspecified atom stereocenters. The van der Waals surface area contributed by atoms with Gasteiger partial charge in [0.05, 0.1) is 5.56 Å². The van der Waals surface area contributed by atoms with Gasteiger partial charge in [0.15, 0.2) is 0 Å². The largest absolute Gasteiger partial charge is 0.360 e. The van der Waals surface area contributed by atoms with Crippen molar-refractivity contribution in [1.29, 1.82) is 5.26 Å². The summed E-state index contributed by atoms with van der Waals surface area (Å²) < 4.78 is 0. The van der Waals surface area contributed by atoms with Crippen molar-refractivity contribution in [2.45, 2.75) is 0 Å². The van der Waals surface area contributed by atoms with Crippen LogP contribution in [-0.2, 0) is 0 Å². The van der Waals surface area contributed by atoms with Crippen LogP contribution in [0.4, 0.5) is 5.69 Å². The molecule has 8 heteroatoms. The Hall–Kier alpha value is -3.99. The van der Waals surface area contributed by atoms with Gasteiger partial charge in [0.2, 0.25) is 5.82 Å². The van der Waals surface area contributed by atoms with Crippen molar-refractivity contribution in [2.75, 3.05) is 5.32 Å². The number of nitrogens with one attached hydrogen (secondary N) is 3. The average molecular weight is 329 g/mol. The molecule has 0 bridgehead atoms. The van der Waals surface area contributed by atoms with Crippen LogP contribution >= 0.6 is 0 Å². The van der Waals surface area contributed by atoms with E-state index in [0.29, 0.717) is 22.6 Å². The van der Waals surface area contributed by atoms with E-state index in [1.807, 2.05) is 0 Å². The summed E-state index contributed by atoms with van der Waals surface area (Å²) in [5.74, 6) is 0.235. The van der Waals surface area contributed by atoms with Crippen molar-refractivity contribution in [3.8, 4) is 17.5 Å². The molecule has 0 radical (unpaired) electrons. The molecule has 1 amide bonds. The van der Waals surface area contributed by atoms with Gasteiger partial charge >= 0.3 is 0 Å². The molecule has 0 aliphatic heterocycles. The molecule has 0 aliphatic carbocycles. The standard InChI is InChI=1S/C17H11N7O/c18-8-12-9-19-15-6-3-11(7-14(12)15)17(25)20-13-4-1-10(2-5-13)16-21-23-24-22-16/h1-7,9,19H,(H,20,25)(H,21,22,23,24). The number of aromatic nitrogens is 5. The highest BCUT2D eigenvalue weighted by atomic mass is 16.1. The lowest BCUT2D eigenvalue weighted by molar-refractivity contribution is 0.102. The van der Waals surface area contributed by atoms with Crippen molar-refractivity contribution in [1.82, 2.24) is 25.6 Å². The average Bonchev–Trinajstić information content (AvgIpc) is 3.31. The summed E-state index contributed by atoms with van der Waals surface area (Å²) in [7, 11) is 0. The van der Waals surface area contributed by atoms with Crippen LogP contribution in [0.25, 0.3) is 22.3 Å². The number of aromatic amines is 2. The Morgan fingerprint density at radius 2 is 2.00 bits per heavy atom. The monoisotopic (exact) mass is 329 g/mol. The van der Waals surface area contributed by atoms with E-state index in [9.17, 15) is 4.79 Å². The van der Waals surface area contributed by atoms with E-state index in [0.717, 1.165) is 16.5 Å². The van der Waals surface area contributed by atoms with Gasteiger partial charge in [0, 0.05) is 33.9 Å². The Balaban J connectivity index is 1.56. The molecular weight excluding hydrogens is 318 g/mol. The molecule has 0 saturated carbocycles. The van der Waals surface area contributed by atoms with Gasteiger partial charge in [-0.05, 0) is 47.7 Å². The third-order valence-electron chi connectivity index (χ3n) is 3.81. The van der Waals surface area contributed by atoms with Crippen LogP contribution in [0.3, 0.4) is 0 Å². The second-order valence-corrected chi connectivity index (χ2v) is 5.34. The molecule has 0 aliphatic rings. The smallest absolute Gasteiger partial charge is 0.255 e. The van der Waals surface area contributed by atoms with Crippen LogP contribution < -0.4 is 5.32 Å². The summed E-state index contributed by atoms with van der Waals surface area (Å²) in [6.07, 6.45) is 1.63. The Kier molecular flexibility index (Phi) is 3.44. The van der Waals surface area contributed by atoms with Crippen molar-refractivity contribution in [2.24, 2.45) is 0 Å². The minimum atomic E-state index is -0.251. The Morgan fingerprint density at radius 1 is 1.16 bits per heavy atom. The second-order valence-electron chi connectivity index (χ2n) is 5.34. The molecule has 25 heavy (non-hydrogen) atoms. The molecule has 0 fully saturated rings. The predicted octanol–water partition coefficient (Wildman–Crippen LogP) is 2.47. The normalized spacial score (nSPS) is 10.5. The number of nitrogens with zero attached hydrogens (tertiary/aromatic N) is 4. The Bertz CT molecular complexity index is 1090. The summed E-state index contributed by atoms with van der Waals surface area (Å²) in [5.41, 5.74) is 3.24. The Morgan fingerprint density at radius 3 is 2.72 bits per heavy atom. The molecule has 120 valence electrons. The van der Waals surface area contributed by atoms with E-state index in [1.54, 1.807) is 48.7 Å². The number of benzene rings is 2. The highest BCUT2D eigenvalue weighted by Crippen LogP contribution is 2.21. The number of amides is 1. The molecule has 0 spiro atoms. The van der Waals surface area contributed by atoms with Gasteiger partial charge in [-0.25, -0.2) is 0 Å². The fourth-order valence-electron chi connectivity index (χ4n) is 2.54. The number of fused-ring (bicyclic) bond motifs is 1. The quantitative estimate of drug-likeness (QED) is 0.533. The van der Waals surface area contributed by atoms with E-state index in [-0.39, 0.29) is 5.91 Å². The molecule has 2 aromatic heterocycles. The number of carbonyl (C=O) groups excluding carboxylic acids is 1. The molecular formula is C17H11N7O. The molecule has 0 atom stereocenters. The minimum Gasteiger partial charge on any atom is -0.360 e. The number of hydrogen-bond acceptors (Lipinski definition) is 5. The van der Waals surface area contributed by atoms with Gasteiger partial charge < -0.3 is 10.3 Å². The van der Waals surface area contributed by atoms with Crippen LogP contribution in [-0.4, -0.2) is 31.5 Å². The number of H-pyrrole nitrogens is 2. The first-order valence-electron chi connectivity index (χ1n) is 7.41. The second kappa shape index (κ2) is 5.90. The van der Waals surface area contributed by atoms with E-state index >= 15 is 0 Å². The number of nitriles is 1. The molecule has 2 heterocycles. The topological polar surface area (TPSA) is 123 Å². The van der Waals surface area contributed by atoms with E-state index in [2.05, 4.69) is 37.0 Å². The van der Waals surface area contributed by atoms with Crippen LogP contribution in [0.2, 0.25) is 0 Å². The van der Waals surface area contributed by atoms with Gasteiger partial charge in [0.1, 0.15) is 6.07 Å². The first-order valence-corrected chi connectivity index (χ1v) is 7.41. The third-order valence-corrected chi connectivity index (χ3v) is 3.81. The van der Waals surface area contributed by atoms with Crippen molar-refractivity contribution in [3.63, 3.8) is 0 Å². The summed E-state index contributed by atoms with van der Waals surface area (Å²) in [6, 6.07) is 14.4. The van der Waals surface area contributed by atoms with Crippen LogP contribution in [0, 0.1) is 11.3 Å². The Labute approximate surface area is 141 Å². The minimum absolute atomic E-state index is 0.251. The number of tetrazole rings is 1. The van der Waals surface area contributed by atoms with Gasteiger partial charge in [-0.15, -0.1) is 10.2 Å². The summed E-state index contributed by atoms with van der Waals surface area (Å²) in [4.78, 5) is 15.4. The van der Waals surface area contributed by atoms with Crippen LogP contribution in [0.5, 0.6) is 0 Å². The maximum absolute atomic E-state index is 12.4. The van der Waals surface area contributed by atoms with Gasteiger partial charge in [-0.1, -0.05) is 0 Å². The zero-order chi connectivity index (χ0) is 17.2. The zero-order valence-electron chi connectivity index (χ0n) is 12.8. The maximum atomic E-state index is 12.4. The van der Waals surface area contributed by atoms with E-state index in [4.69, 9.17) is 5.26 Å². The van der Waals surface area contributed by atoms with Gasteiger partial charge in [-0.3, -0.25) is 4.79 Å². The lowest BCUT2D eigenvalue weighted by atomic mass is 10.1. The van der Waals surface area contributed by atoms with E-state index in [1.165, 1.54) is 0 Å². The van der Waals surface area contributed by atoms with Crippen LogP contribution in [0.15, 0.2) is 48.7 Å². The van der Waals surface area contributed by atoms with Crippen molar-refractivity contribution < 1.29 is 4.79 Å². The maximum Gasteiger partial charge on any atom is 0.255 e. The SMILES string of the molecule is N#Cc1c[nH]c2ccc(C(=O)Nc3ccc(-c4nn[nH]n4)cc3)cc12. The van der Waals surface area contributed by atoms with Gasteiger partial charge in [-0.2, -0.15) is 10.5 Å². The molecule has 8 nitrogen and oxygen atoms in total. The first kappa shape index (κ1) is 14.6. The summed E-state index contributed by atoms with van der Waals surface area (Å²) in [6.45, 7) is 0. The number of rotatable bonds is 3. The third kappa shape index (κ3) is 2.70. The highest BCUT2D eigenvalue weighted by Gasteiger charge is 2.10. The summed E-state index contributed by atoms with van der Waals surface area (Å²) in [5, 5.41) is 26.4. The van der Waals surface area contributed by atoms with Crippen molar-refractivity contribution >= 4 is 22.5 Å². The zero-order valence-corrected chi connectivity index (χ0v) is 12.8. The molecule has 4 aromatic rings. The molecule has 2 aromatic carbocycles. The lowest BCUT2D eigenvalue weighted by Crippen LogP contribution is -2.11.